The van der Waals surface area contributed by atoms with Gasteiger partial charge in [0.2, 0.25) is 5.95 Å². The SMILES string of the molecule is CN1c2c(nc(N)[nH]c2=O)NC[C@@H]1CNc1ccc(C(=O)N[C@@H](CCC(=O)O)C(=O)O)cc1.[Mg]. The highest BCUT2D eigenvalue weighted by atomic mass is 24.3. The number of hydrogen-bond donors (Lipinski definition) is 7. The fourth-order valence-electron chi connectivity index (χ4n) is 3.42. The summed E-state index contributed by atoms with van der Waals surface area (Å²) in [5.41, 5.74) is 6.59. The number of carbonyl (C=O) groups is 3. The van der Waals surface area contributed by atoms with Crippen LogP contribution in [-0.2, 0) is 9.59 Å². The molecule has 178 valence electrons. The number of nitrogens with zero attached hydrogens (tertiary/aromatic N) is 2. The van der Waals surface area contributed by atoms with Crippen LogP contribution in [0.4, 0.5) is 23.1 Å². The number of aliphatic carboxylic acids is 2. The summed E-state index contributed by atoms with van der Waals surface area (Å²) in [7, 11) is 1.79. The van der Waals surface area contributed by atoms with Crippen molar-refractivity contribution in [3.8, 4) is 0 Å². The van der Waals surface area contributed by atoms with Gasteiger partial charge >= 0.3 is 11.9 Å². The number of nitrogens with one attached hydrogen (secondary N) is 4. The molecule has 0 saturated carbocycles. The molecule has 1 aromatic heterocycles. The van der Waals surface area contributed by atoms with E-state index in [1.165, 1.54) is 12.1 Å². The number of anilines is 4. The number of rotatable bonds is 9. The zero-order valence-corrected chi connectivity index (χ0v) is 19.9. The molecule has 0 unspecified atom stereocenters. The first-order valence-electron chi connectivity index (χ1n) is 10.1. The summed E-state index contributed by atoms with van der Waals surface area (Å²) in [5, 5.41) is 26.6. The van der Waals surface area contributed by atoms with Crippen molar-refractivity contribution in [2.75, 3.05) is 41.4 Å². The number of carboxylic acids is 2. The zero-order chi connectivity index (χ0) is 24.1. The van der Waals surface area contributed by atoms with Gasteiger partial charge in [-0.15, -0.1) is 0 Å². The van der Waals surface area contributed by atoms with E-state index >= 15 is 0 Å². The van der Waals surface area contributed by atoms with Crippen molar-refractivity contribution in [3.05, 3.63) is 40.2 Å². The van der Waals surface area contributed by atoms with E-state index in [9.17, 15) is 24.3 Å². The van der Waals surface area contributed by atoms with Gasteiger partial charge in [-0.05, 0) is 30.7 Å². The first kappa shape index (κ1) is 26.7. The fourth-order valence-corrected chi connectivity index (χ4v) is 3.42. The average Bonchev–Trinajstić information content (AvgIpc) is 2.75. The monoisotopic (exact) mass is 483 g/mol. The molecule has 13 nitrogen and oxygen atoms in total. The number of H-pyrrole nitrogens is 1. The Balaban J connectivity index is 0.00000408. The first-order chi connectivity index (χ1) is 15.7. The molecular weight excluding hydrogens is 459 g/mol. The normalized spacial score (nSPS) is 15.2. The lowest BCUT2D eigenvalue weighted by Gasteiger charge is -2.35. The van der Waals surface area contributed by atoms with Crippen molar-refractivity contribution in [2.45, 2.75) is 24.9 Å². The van der Waals surface area contributed by atoms with E-state index in [2.05, 4.69) is 25.9 Å². The fraction of sp³-hybridized carbons (Fsp3) is 0.350. The summed E-state index contributed by atoms with van der Waals surface area (Å²) in [6.07, 6.45) is -0.586. The number of fused-ring (bicyclic) bond motifs is 1. The van der Waals surface area contributed by atoms with Crippen molar-refractivity contribution in [1.29, 1.82) is 0 Å². The molecule has 1 amide bonds. The van der Waals surface area contributed by atoms with E-state index in [4.69, 9.17) is 10.8 Å². The smallest absolute Gasteiger partial charge is 0.326 e. The number of carboxylic acid groups (broad SMARTS) is 2. The van der Waals surface area contributed by atoms with Gasteiger partial charge in [0, 0.05) is 60.9 Å². The van der Waals surface area contributed by atoms with E-state index in [-0.39, 0.29) is 59.0 Å². The first-order valence-corrected chi connectivity index (χ1v) is 10.1. The molecule has 14 heteroatoms. The largest absolute Gasteiger partial charge is 0.481 e. The molecule has 0 spiro atoms. The highest BCUT2D eigenvalue weighted by Crippen LogP contribution is 2.25. The minimum absolute atomic E-state index is 0. The van der Waals surface area contributed by atoms with Gasteiger partial charge in [-0.1, -0.05) is 0 Å². The maximum absolute atomic E-state index is 12.3. The van der Waals surface area contributed by atoms with Crippen LogP contribution in [0.2, 0.25) is 0 Å². The minimum Gasteiger partial charge on any atom is -0.481 e. The number of nitrogens with two attached hydrogens (primary N) is 1. The third-order valence-electron chi connectivity index (χ3n) is 5.26. The Morgan fingerprint density at radius 2 is 1.94 bits per heavy atom. The van der Waals surface area contributed by atoms with Gasteiger partial charge in [0.1, 0.15) is 11.7 Å². The number of aromatic nitrogens is 2. The summed E-state index contributed by atoms with van der Waals surface area (Å²) in [6.45, 7) is 1.01. The van der Waals surface area contributed by atoms with E-state index in [1.54, 1.807) is 19.2 Å². The number of hydrogen-bond acceptors (Lipinski definition) is 9. The number of benzene rings is 1. The molecular formula is C20H25MgN7O6. The Kier molecular flexibility index (Phi) is 9.09. The summed E-state index contributed by atoms with van der Waals surface area (Å²) in [5.74, 6) is -2.59. The summed E-state index contributed by atoms with van der Waals surface area (Å²) in [6, 6.07) is 5.03. The Labute approximate surface area is 210 Å². The molecule has 8 N–H and O–H groups in total. The summed E-state index contributed by atoms with van der Waals surface area (Å²) in [4.78, 5) is 54.9. The van der Waals surface area contributed by atoms with Gasteiger partial charge in [0.15, 0.2) is 5.82 Å². The molecule has 1 aromatic carbocycles. The second kappa shape index (κ2) is 11.6. The van der Waals surface area contributed by atoms with Crippen LogP contribution in [0.25, 0.3) is 0 Å². The number of likely N-dealkylation sites (N-methyl/N-ethyl adjacent to an activating group) is 1. The lowest BCUT2D eigenvalue weighted by molar-refractivity contribution is -0.140. The van der Waals surface area contributed by atoms with Gasteiger partial charge in [-0.25, -0.2) is 4.79 Å². The third kappa shape index (κ3) is 6.51. The van der Waals surface area contributed by atoms with E-state index < -0.39 is 23.9 Å². The van der Waals surface area contributed by atoms with Gasteiger partial charge in [-0.2, -0.15) is 4.98 Å². The molecule has 2 atom stereocenters. The van der Waals surface area contributed by atoms with Crippen molar-refractivity contribution in [1.82, 2.24) is 15.3 Å². The molecule has 0 aliphatic carbocycles. The average molecular weight is 484 g/mol. The molecule has 2 heterocycles. The van der Waals surface area contributed by atoms with Gasteiger partial charge < -0.3 is 36.8 Å². The molecule has 0 fully saturated rings. The topological polar surface area (TPSA) is 203 Å². The minimum atomic E-state index is -1.30. The molecule has 3 rings (SSSR count). The second-order valence-electron chi connectivity index (χ2n) is 7.55. The van der Waals surface area contributed by atoms with Gasteiger partial charge in [-0.3, -0.25) is 19.4 Å². The van der Waals surface area contributed by atoms with Gasteiger partial charge in [0.25, 0.3) is 11.5 Å². The van der Waals surface area contributed by atoms with Crippen LogP contribution < -0.4 is 32.1 Å². The summed E-state index contributed by atoms with van der Waals surface area (Å²) >= 11 is 0. The van der Waals surface area contributed by atoms with Crippen molar-refractivity contribution >= 4 is 64.0 Å². The van der Waals surface area contributed by atoms with Gasteiger partial charge in [0.05, 0.1) is 6.04 Å². The molecule has 2 aromatic rings. The quantitative estimate of drug-likeness (QED) is 0.223. The molecule has 34 heavy (non-hydrogen) atoms. The highest BCUT2D eigenvalue weighted by molar-refractivity contribution is 5.97. The lowest BCUT2D eigenvalue weighted by atomic mass is 10.1. The molecule has 0 bridgehead atoms. The molecule has 1 aliphatic rings. The number of carbonyl (C=O) groups excluding carboxylic acids is 1. The number of nitrogen functional groups attached to an aromatic ring is 1. The van der Waals surface area contributed by atoms with Crippen LogP contribution in [0.5, 0.6) is 0 Å². The van der Waals surface area contributed by atoms with E-state index in [0.717, 1.165) is 5.69 Å². The lowest BCUT2D eigenvalue weighted by Crippen LogP contribution is -2.48. The maximum Gasteiger partial charge on any atom is 0.326 e. The second-order valence-corrected chi connectivity index (χ2v) is 7.55. The highest BCUT2D eigenvalue weighted by Gasteiger charge is 2.27. The van der Waals surface area contributed by atoms with Crippen LogP contribution in [0.15, 0.2) is 29.1 Å². The molecule has 0 saturated heterocycles. The van der Waals surface area contributed by atoms with Crippen molar-refractivity contribution in [2.24, 2.45) is 0 Å². The van der Waals surface area contributed by atoms with Crippen LogP contribution in [0.1, 0.15) is 23.2 Å². The Hall–Kier alpha value is -3.52. The Morgan fingerprint density at radius 1 is 1.26 bits per heavy atom. The van der Waals surface area contributed by atoms with E-state index in [0.29, 0.717) is 24.6 Å². The Bertz CT molecular complexity index is 1110. The van der Waals surface area contributed by atoms with Crippen molar-refractivity contribution < 1.29 is 24.6 Å². The van der Waals surface area contributed by atoms with Crippen LogP contribution in [0, 0.1) is 0 Å². The zero-order valence-electron chi connectivity index (χ0n) is 18.5. The summed E-state index contributed by atoms with van der Waals surface area (Å²) < 4.78 is 0. The predicted octanol–water partition coefficient (Wildman–Crippen LogP) is -0.638. The molecule has 2 radical (unpaired) electrons. The number of aromatic amines is 1. The van der Waals surface area contributed by atoms with Crippen LogP contribution in [0.3, 0.4) is 0 Å². The van der Waals surface area contributed by atoms with Crippen molar-refractivity contribution in [3.63, 3.8) is 0 Å². The number of amides is 1. The standard InChI is InChI=1S/C20H25N7O6.Mg/c1-27-12(9-23-16-15(27)18(31)26-20(21)25-16)8-22-11-4-2-10(3-5-11)17(30)24-13(19(32)33)6-7-14(28)29;/h2-5,12-13,22H,6-9H2,1H3,(H,24,30)(H,28,29)(H,32,33)(H4,21,23,25,26,31);/t12-,13-;/m0./s1. The predicted molar refractivity (Wildman–Crippen MR) is 126 cm³/mol. The molecule has 1 aliphatic heterocycles. The van der Waals surface area contributed by atoms with Crippen LogP contribution in [-0.4, -0.2) is 93.3 Å². The maximum atomic E-state index is 12.3. The Morgan fingerprint density at radius 3 is 2.56 bits per heavy atom. The van der Waals surface area contributed by atoms with Crippen LogP contribution >= 0.6 is 0 Å². The third-order valence-corrected chi connectivity index (χ3v) is 5.26. The van der Waals surface area contributed by atoms with E-state index in [1.807, 2.05) is 4.90 Å².